The van der Waals surface area contributed by atoms with Gasteiger partial charge in [0.25, 0.3) is 5.91 Å². The summed E-state index contributed by atoms with van der Waals surface area (Å²) in [5.74, 6) is 1.91. The summed E-state index contributed by atoms with van der Waals surface area (Å²) in [6.45, 7) is 0.417. The Balaban J connectivity index is 1.68. The average Bonchev–Trinajstić information content (AvgIpc) is 2.98. The van der Waals surface area contributed by atoms with Crippen molar-refractivity contribution in [3.8, 4) is 12.3 Å². The monoisotopic (exact) mass is 340 g/mol. The molecule has 3 rings (SSSR count). The number of fused-ring (bicyclic) bond motifs is 1. The van der Waals surface area contributed by atoms with Crippen LogP contribution in [0.5, 0.6) is 0 Å². The molecule has 1 amide bonds. The summed E-state index contributed by atoms with van der Waals surface area (Å²) in [6, 6.07) is 9.86. The first kappa shape index (κ1) is 16.1. The Morgan fingerprint density at radius 1 is 1.33 bits per heavy atom. The van der Waals surface area contributed by atoms with Crippen molar-refractivity contribution in [3.63, 3.8) is 0 Å². The van der Waals surface area contributed by atoms with Crippen molar-refractivity contribution in [1.82, 2.24) is 10.3 Å². The summed E-state index contributed by atoms with van der Waals surface area (Å²) in [7, 11) is 0. The van der Waals surface area contributed by atoms with Crippen LogP contribution in [0.25, 0.3) is 10.9 Å². The summed E-state index contributed by atoms with van der Waals surface area (Å²) in [6.07, 6.45) is 7.62. The van der Waals surface area contributed by atoms with Gasteiger partial charge in [0.2, 0.25) is 0 Å². The first-order valence-corrected chi connectivity index (χ1v) is 7.76. The number of halogens is 2. The van der Waals surface area contributed by atoms with E-state index in [2.05, 4.69) is 16.2 Å². The molecule has 2 aromatic carbocycles. The van der Waals surface area contributed by atoms with E-state index in [1.807, 2.05) is 0 Å². The second kappa shape index (κ2) is 6.77. The lowest BCUT2D eigenvalue weighted by Crippen LogP contribution is -2.25. The lowest BCUT2D eigenvalue weighted by molar-refractivity contribution is 0.0954. The van der Waals surface area contributed by atoms with Gasteiger partial charge in [0, 0.05) is 34.3 Å². The van der Waals surface area contributed by atoms with E-state index in [4.69, 9.17) is 18.0 Å². The molecular formula is C19H14ClFN2O. The maximum absolute atomic E-state index is 13.8. The van der Waals surface area contributed by atoms with Gasteiger partial charge in [-0.3, -0.25) is 4.79 Å². The minimum atomic E-state index is -0.390. The number of carbonyl (C=O) groups is 1. The van der Waals surface area contributed by atoms with E-state index in [0.29, 0.717) is 34.6 Å². The zero-order chi connectivity index (χ0) is 17.1. The van der Waals surface area contributed by atoms with Crippen molar-refractivity contribution in [1.29, 1.82) is 0 Å². The van der Waals surface area contributed by atoms with Gasteiger partial charge in [-0.15, -0.1) is 6.42 Å². The number of terminal acetylenes is 1. The van der Waals surface area contributed by atoms with Crippen LogP contribution in [-0.4, -0.2) is 17.4 Å². The number of H-pyrrole nitrogens is 1. The van der Waals surface area contributed by atoms with Crippen LogP contribution in [0.15, 0.2) is 42.6 Å². The molecule has 0 aliphatic heterocycles. The van der Waals surface area contributed by atoms with Gasteiger partial charge in [-0.2, -0.15) is 0 Å². The van der Waals surface area contributed by atoms with Crippen molar-refractivity contribution in [3.05, 3.63) is 70.1 Å². The highest BCUT2D eigenvalue weighted by Crippen LogP contribution is 2.25. The molecule has 0 atom stereocenters. The summed E-state index contributed by atoms with van der Waals surface area (Å²) in [4.78, 5) is 15.0. The SMILES string of the molecule is C#Cc1cccc(C(=O)NCCc2c[nH]c3c(F)cc(Cl)cc23)c1. The molecule has 0 saturated carbocycles. The molecule has 0 fully saturated rings. The third-order valence-corrected chi connectivity index (χ3v) is 3.98. The van der Waals surface area contributed by atoms with Crippen LogP contribution in [0.4, 0.5) is 4.39 Å². The van der Waals surface area contributed by atoms with E-state index in [0.717, 1.165) is 10.9 Å². The molecular weight excluding hydrogens is 327 g/mol. The van der Waals surface area contributed by atoms with Crippen molar-refractivity contribution in [2.24, 2.45) is 0 Å². The van der Waals surface area contributed by atoms with Crippen LogP contribution < -0.4 is 5.32 Å². The van der Waals surface area contributed by atoms with Crippen molar-refractivity contribution < 1.29 is 9.18 Å². The maximum Gasteiger partial charge on any atom is 0.251 e. The lowest BCUT2D eigenvalue weighted by atomic mass is 10.1. The second-order valence-corrected chi connectivity index (χ2v) is 5.79. The number of hydrogen-bond acceptors (Lipinski definition) is 1. The highest BCUT2D eigenvalue weighted by atomic mass is 35.5. The Morgan fingerprint density at radius 3 is 2.96 bits per heavy atom. The maximum atomic E-state index is 13.8. The van der Waals surface area contributed by atoms with Crippen LogP contribution in [0.1, 0.15) is 21.5 Å². The first-order chi connectivity index (χ1) is 11.6. The third-order valence-electron chi connectivity index (χ3n) is 3.76. The zero-order valence-electron chi connectivity index (χ0n) is 12.7. The summed E-state index contributed by atoms with van der Waals surface area (Å²) in [5, 5.41) is 3.90. The van der Waals surface area contributed by atoms with Crippen LogP contribution >= 0.6 is 11.6 Å². The molecule has 0 spiro atoms. The van der Waals surface area contributed by atoms with Gasteiger partial charge in [-0.25, -0.2) is 4.39 Å². The van der Waals surface area contributed by atoms with Crippen molar-refractivity contribution in [2.45, 2.75) is 6.42 Å². The Bertz CT molecular complexity index is 956. The fourth-order valence-electron chi connectivity index (χ4n) is 2.58. The van der Waals surface area contributed by atoms with Crippen molar-refractivity contribution >= 4 is 28.4 Å². The molecule has 1 heterocycles. The Hall–Kier alpha value is -2.77. The fourth-order valence-corrected chi connectivity index (χ4v) is 2.79. The Morgan fingerprint density at radius 2 is 2.17 bits per heavy atom. The number of benzene rings is 2. The van der Waals surface area contributed by atoms with Gasteiger partial charge in [0.05, 0.1) is 5.52 Å². The topological polar surface area (TPSA) is 44.9 Å². The van der Waals surface area contributed by atoms with E-state index in [1.54, 1.807) is 36.5 Å². The van der Waals surface area contributed by atoms with Gasteiger partial charge in [0.15, 0.2) is 0 Å². The molecule has 0 aliphatic carbocycles. The largest absolute Gasteiger partial charge is 0.359 e. The fraction of sp³-hybridized carbons (Fsp3) is 0.105. The standard InChI is InChI=1S/C19H14ClFN2O/c1-2-12-4-3-5-13(8-12)19(24)22-7-6-14-11-23-18-16(14)9-15(20)10-17(18)21/h1,3-5,8-11,23H,6-7H2,(H,22,24). The quantitative estimate of drug-likeness (QED) is 0.695. The van der Waals surface area contributed by atoms with Crippen LogP contribution in [0.3, 0.4) is 0 Å². The molecule has 1 aromatic heterocycles. The molecule has 5 heteroatoms. The molecule has 2 N–H and O–H groups in total. The third kappa shape index (κ3) is 3.27. The highest BCUT2D eigenvalue weighted by molar-refractivity contribution is 6.31. The van der Waals surface area contributed by atoms with Crippen LogP contribution in [0, 0.1) is 18.2 Å². The van der Waals surface area contributed by atoms with Gasteiger partial charge >= 0.3 is 0 Å². The Kier molecular flexibility index (Phi) is 4.54. The predicted octanol–water partition coefficient (Wildman–Crippen LogP) is 3.91. The van der Waals surface area contributed by atoms with Crippen LogP contribution in [0.2, 0.25) is 5.02 Å². The van der Waals surface area contributed by atoms with E-state index in [9.17, 15) is 9.18 Å². The lowest BCUT2D eigenvalue weighted by Gasteiger charge is -2.05. The first-order valence-electron chi connectivity index (χ1n) is 7.38. The molecule has 0 saturated heterocycles. The van der Waals surface area contributed by atoms with E-state index >= 15 is 0 Å². The van der Waals surface area contributed by atoms with Gasteiger partial charge in [-0.1, -0.05) is 23.6 Å². The number of nitrogens with one attached hydrogen (secondary N) is 2. The number of rotatable bonds is 4. The zero-order valence-corrected chi connectivity index (χ0v) is 13.5. The smallest absolute Gasteiger partial charge is 0.251 e. The molecule has 3 nitrogen and oxygen atoms in total. The summed E-state index contributed by atoms with van der Waals surface area (Å²) < 4.78 is 13.8. The number of aromatic amines is 1. The number of hydrogen-bond donors (Lipinski definition) is 2. The van der Waals surface area contributed by atoms with Crippen molar-refractivity contribution in [2.75, 3.05) is 6.54 Å². The highest BCUT2D eigenvalue weighted by Gasteiger charge is 2.10. The molecule has 24 heavy (non-hydrogen) atoms. The van der Waals surface area contributed by atoms with Gasteiger partial charge in [0.1, 0.15) is 5.82 Å². The molecule has 120 valence electrons. The molecule has 0 bridgehead atoms. The minimum Gasteiger partial charge on any atom is -0.359 e. The Labute approximate surface area is 143 Å². The summed E-state index contributed by atoms with van der Waals surface area (Å²) in [5.41, 5.74) is 2.48. The molecule has 3 aromatic rings. The molecule has 0 aliphatic rings. The predicted molar refractivity (Wildman–Crippen MR) is 93.7 cm³/mol. The van der Waals surface area contributed by atoms with Gasteiger partial charge in [-0.05, 0) is 42.3 Å². The summed E-state index contributed by atoms with van der Waals surface area (Å²) >= 11 is 5.91. The number of aromatic nitrogens is 1. The normalized spacial score (nSPS) is 10.5. The van der Waals surface area contributed by atoms with E-state index in [1.165, 1.54) is 6.07 Å². The minimum absolute atomic E-state index is 0.198. The number of carbonyl (C=O) groups excluding carboxylic acids is 1. The second-order valence-electron chi connectivity index (χ2n) is 5.36. The molecule has 0 unspecified atom stereocenters. The van der Waals surface area contributed by atoms with Gasteiger partial charge < -0.3 is 10.3 Å². The molecule has 0 radical (unpaired) electrons. The number of amides is 1. The van der Waals surface area contributed by atoms with E-state index < -0.39 is 0 Å². The van der Waals surface area contributed by atoms with E-state index in [-0.39, 0.29) is 11.7 Å². The van der Waals surface area contributed by atoms with Crippen LogP contribution in [-0.2, 0) is 6.42 Å². The average molecular weight is 341 g/mol.